The normalized spacial score (nSPS) is 13.5. The number of nitrogens with one attached hydrogen (secondary N) is 1. The lowest BCUT2D eigenvalue weighted by Crippen LogP contribution is -2.31. The molecule has 0 radical (unpaired) electrons. The first-order valence-electron chi connectivity index (χ1n) is 4.53. The van der Waals surface area contributed by atoms with Crippen LogP contribution in [-0.2, 0) is 10.0 Å². The summed E-state index contributed by atoms with van der Waals surface area (Å²) in [6.45, 7) is 1.47. The summed E-state index contributed by atoms with van der Waals surface area (Å²) >= 11 is 5.69. The van der Waals surface area contributed by atoms with Crippen LogP contribution in [0.5, 0.6) is 0 Å². The Labute approximate surface area is 98.6 Å². The van der Waals surface area contributed by atoms with Gasteiger partial charge >= 0.3 is 0 Å². The molecule has 0 saturated carbocycles. The smallest absolute Gasteiger partial charge is 0.236 e. The molecule has 0 aliphatic carbocycles. The Morgan fingerprint density at radius 1 is 1.56 bits per heavy atom. The van der Waals surface area contributed by atoms with E-state index in [1.807, 2.05) is 0 Å². The number of hydrogen-bond donors (Lipinski definition) is 2. The minimum atomic E-state index is -3.58. The van der Waals surface area contributed by atoms with E-state index in [1.165, 1.54) is 13.0 Å². The second kappa shape index (κ2) is 4.99. The number of rotatable bonds is 4. The van der Waals surface area contributed by atoms with Crippen LogP contribution in [0.4, 0.5) is 10.1 Å². The minimum absolute atomic E-state index is 0.00581. The van der Waals surface area contributed by atoms with Crippen LogP contribution < -0.4 is 10.5 Å². The lowest BCUT2D eigenvalue weighted by molar-refractivity contribution is 0.589. The fourth-order valence-electron chi connectivity index (χ4n) is 0.953. The average Bonchev–Trinajstić information content (AvgIpc) is 2.21. The molecule has 0 bridgehead atoms. The van der Waals surface area contributed by atoms with Crippen molar-refractivity contribution in [3.8, 4) is 0 Å². The van der Waals surface area contributed by atoms with Gasteiger partial charge in [0, 0.05) is 6.54 Å². The number of nitrogens with two attached hydrogens (primary N) is 1. The summed E-state index contributed by atoms with van der Waals surface area (Å²) in [4.78, 5) is 0. The number of benzene rings is 1. The van der Waals surface area contributed by atoms with Crippen molar-refractivity contribution in [1.82, 2.24) is 0 Å². The van der Waals surface area contributed by atoms with Gasteiger partial charge in [-0.05, 0) is 25.1 Å². The Balaban J connectivity index is 2.97. The summed E-state index contributed by atoms with van der Waals surface area (Å²) in [6.07, 6.45) is 0. The van der Waals surface area contributed by atoms with Crippen molar-refractivity contribution in [3.05, 3.63) is 29.0 Å². The van der Waals surface area contributed by atoms with E-state index in [0.717, 1.165) is 12.1 Å². The Bertz CT molecular complexity index is 478. The van der Waals surface area contributed by atoms with Crippen molar-refractivity contribution in [1.29, 1.82) is 0 Å². The number of hydrogen-bond acceptors (Lipinski definition) is 3. The molecule has 1 atom stereocenters. The van der Waals surface area contributed by atoms with Crippen molar-refractivity contribution < 1.29 is 12.8 Å². The standard InChI is InChI=1S/C9H12ClFN2O2S/c1-6(5-12)16(14,15)13-9-3-2-7(11)4-8(9)10/h2-4,6,13H,5,12H2,1H3. The predicted molar refractivity (Wildman–Crippen MR) is 62.5 cm³/mol. The minimum Gasteiger partial charge on any atom is -0.329 e. The van der Waals surface area contributed by atoms with Gasteiger partial charge in [0.25, 0.3) is 0 Å². The van der Waals surface area contributed by atoms with Gasteiger partial charge in [-0.2, -0.15) is 0 Å². The van der Waals surface area contributed by atoms with Crippen molar-refractivity contribution in [2.75, 3.05) is 11.3 Å². The van der Waals surface area contributed by atoms with Crippen LogP contribution >= 0.6 is 11.6 Å². The first-order valence-corrected chi connectivity index (χ1v) is 6.46. The van der Waals surface area contributed by atoms with Gasteiger partial charge < -0.3 is 5.73 Å². The molecule has 90 valence electrons. The quantitative estimate of drug-likeness (QED) is 0.869. The van der Waals surface area contributed by atoms with E-state index in [-0.39, 0.29) is 17.3 Å². The highest BCUT2D eigenvalue weighted by molar-refractivity contribution is 7.93. The van der Waals surface area contributed by atoms with Gasteiger partial charge in [-0.3, -0.25) is 4.72 Å². The van der Waals surface area contributed by atoms with Gasteiger partial charge in [0.1, 0.15) is 5.82 Å². The molecule has 0 aromatic heterocycles. The number of sulfonamides is 1. The molecule has 7 heteroatoms. The lowest BCUT2D eigenvalue weighted by atomic mass is 10.3. The highest BCUT2D eigenvalue weighted by Gasteiger charge is 2.20. The molecule has 16 heavy (non-hydrogen) atoms. The molecular weight excluding hydrogens is 255 g/mol. The van der Waals surface area contributed by atoms with E-state index < -0.39 is 21.1 Å². The van der Waals surface area contributed by atoms with Crippen LogP contribution in [0, 0.1) is 5.82 Å². The molecule has 1 aromatic carbocycles. The zero-order valence-electron chi connectivity index (χ0n) is 8.57. The lowest BCUT2D eigenvalue weighted by Gasteiger charge is -2.13. The first-order chi connectivity index (χ1) is 7.36. The molecule has 0 heterocycles. The largest absolute Gasteiger partial charge is 0.329 e. The zero-order chi connectivity index (χ0) is 12.3. The molecule has 0 spiro atoms. The Hall–Kier alpha value is -0.850. The van der Waals surface area contributed by atoms with Gasteiger partial charge in [0.15, 0.2) is 0 Å². The van der Waals surface area contributed by atoms with Crippen molar-refractivity contribution >= 4 is 27.3 Å². The maximum Gasteiger partial charge on any atom is 0.236 e. The molecule has 0 fully saturated rings. The van der Waals surface area contributed by atoms with Crippen molar-refractivity contribution in [2.24, 2.45) is 5.73 Å². The second-order valence-corrected chi connectivity index (χ2v) is 5.82. The summed E-state index contributed by atoms with van der Waals surface area (Å²) in [6, 6.07) is 3.42. The van der Waals surface area contributed by atoms with Gasteiger partial charge in [-0.25, -0.2) is 12.8 Å². The summed E-state index contributed by atoms with van der Waals surface area (Å²) in [5, 5.41) is -0.735. The number of halogens is 2. The zero-order valence-corrected chi connectivity index (χ0v) is 10.1. The van der Waals surface area contributed by atoms with Crippen molar-refractivity contribution in [2.45, 2.75) is 12.2 Å². The summed E-state index contributed by atoms with van der Waals surface area (Å²) in [5.41, 5.74) is 5.40. The first kappa shape index (κ1) is 13.2. The third kappa shape index (κ3) is 3.07. The van der Waals surface area contributed by atoms with E-state index in [0.29, 0.717) is 0 Å². The molecule has 4 nitrogen and oxygen atoms in total. The van der Waals surface area contributed by atoms with Crippen LogP contribution in [-0.4, -0.2) is 20.2 Å². The fraction of sp³-hybridized carbons (Fsp3) is 0.333. The highest BCUT2D eigenvalue weighted by atomic mass is 35.5. The second-order valence-electron chi connectivity index (χ2n) is 3.32. The summed E-state index contributed by atoms with van der Waals surface area (Å²) < 4.78 is 38.2. The Morgan fingerprint density at radius 3 is 2.69 bits per heavy atom. The maximum atomic E-state index is 12.7. The number of anilines is 1. The van der Waals surface area contributed by atoms with E-state index in [9.17, 15) is 12.8 Å². The molecule has 1 unspecified atom stereocenters. The predicted octanol–water partition coefficient (Wildman–Crippen LogP) is 1.57. The highest BCUT2D eigenvalue weighted by Crippen LogP contribution is 2.24. The molecule has 1 rings (SSSR count). The third-order valence-electron chi connectivity index (χ3n) is 2.04. The van der Waals surface area contributed by atoms with Gasteiger partial charge in [-0.1, -0.05) is 11.6 Å². The summed E-state index contributed by atoms with van der Waals surface area (Å²) in [7, 11) is -3.58. The fourth-order valence-corrected chi connectivity index (χ4v) is 2.16. The van der Waals surface area contributed by atoms with Crippen LogP contribution in [0.3, 0.4) is 0 Å². The average molecular weight is 267 g/mol. The molecular formula is C9H12ClFN2O2S. The maximum absolute atomic E-state index is 12.7. The van der Waals surface area contributed by atoms with E-state index in [1.54, 1.807) is 0 Å². The van der Waals surface area contributed by atoms with E-state index >= 15 is 0 Å². The molecule has 0 saturated heterocycles. The molecule has 0 amide bonds. The van der Waals surface area contributed by atoms with Gasteiger partial charge in [-0.15, -0.1) is 0 Å². The molecule has 0 aliphatic rings. The SMILES string of the molecule is CC(CN)S(=O)(=O)Nc1ccc(F)cc1Cl. The van der Waals surface area contributed by atoms with Gasteiger partial charge in [0.2, 0.25) is 10.0 Å². The van der Waals surface area contributed by atoms with E-state index in [2.05, 4.69) is 4.72 Å². The molecule has 1 aromatic rings. The van der Waals surface area contributed by atoms with Crippen LogP contribution in [0.2, 0.25) is 5.02 Å². The van der Waals surface area contributed by atoms with Gasteiger partial charge in [0.05, 0.1) is 16.0 Å². The monoisotopic (exact) mass is 266 g/mol. The van der Waals surface area contributed by atoms with Crippen LogP contribution in [0.25, 0.3) is 0 Å². The topological polar surface area (TPSA) is 72.2 Å². The Morgan fingerprint density at radius 2 is 2.19 bits per heavy atom. The van der Waals surface area contributed by atoms with E-state index in [4.69, 9.17) is 17.3 Å². The third-order valence-corrected chi connectivity index (χ3v) is 4.11. The summed E-state index contributed by atoms with van der Waals surface area (Å²) in [5.74, 6) is -0.528. The van der Waals surface area contributed by atoms with Crippen LogP contribution in [0.1, 0.15) is 6.92 Å². The Kier molecular flexibility index (Phi) is 4.12. The van der Waals surface area contributed by atoms with Crippen molar-refractivity contribution in [3.63, 3.8) is 0 Å². The van der Waals surface area contributed by atoms with Crippen LogP contribution in [0.15, 0.2) is 18.2 Å². The molecule has 3 N–H and O–H groups in total. The molecule has 0 aliphatic heterocycles.